The first kappa shape index (κ1) is 16.7. The van der Waals surface area contributed by atoms with Crippen LogP contribution in [0, 0.1) is 17.3 Å². The fourth-order valence-corrected chi connectivity index (χ4v) is 7.73. The van der Waals surface area contributed by atoms with Crippen molar-refractivity contribution in [2.45, 2.75) is 80.8 Å². The fraction of sp³-hybridized carbons (Fsp3) is 0.850. The molecule has 3 aliphatic carbocycles. The van der Waals surface area contributed by atoms with Crippen molar-refractivity contribution in [1.82, 2.24) is 0 Å². The maximum absolute atomic E-state index is 13.6. The second-order valence-electron chi connectivity index (χ2n) is 9.88. The third-order valence-corrected chi connectivity index (χ3v) is 9.29. The average Bonchev–Trinajstić information content (AvgIpc) is 3.54. The highest BCUT2D eigenvalue weighted by atomic mass is 19.3. The maximum atomic E-state index is 13.6. The summed E-state index contributed by atoms with van der Waals surface area (Å²) in [6.45, 7) is 3.88. The summed E-state index contributed by atoms with van der Waals surface area (Å²) in [7, 11) is 0. The van der Waals surface area contributed by atoms with Gasteiger partial charge in [-0.25, -0.2) is 13.6 Å². The molecular formula is C20H22F2O6. The van der Waals surface area contributed by atoms with Gasteiger partial charge < -0.3 is 24.1 Å². The molecule has 3 saturated heterocycles. The number of alkyl halides is 2. The first-order chi connectivity index (χ1) is 13.3. The van der Waals surface area contributed by atoms with Crippen LogP contribution in [-0.4, -0.2) is 65.3 Å². The highest BCUT2D eigenvalue weighted by Crippen LogP contribution is 2.83. The van der Waals surface area contributed by atoms with Gasteiger partial charge in [0.15, 0.2) is 5.60 Å². The zero-order valence-electron chi connectivity index (χ0n) is 15.6. The Morgan fingerprint density at radius 1 is 1.21 bits per heavy atom. The predicted molar refractivity (Wildman–Crippen MR) is 87.4 cm³/mol. The number of fused-ring (bicyclic) bond motifs is 4. The molecule has 8 heteroatoms. The number of hydrogen-bond donors (Lipinski definition) is 1. The molecule has 0 bridgehead atoms. The van der Waals surface area contributed by atoms with Gasteiger partial charge in [0.1, 0.15) is 36.1 Å². The van der Waals surface area contributed by atoms with Crippen molar-refractivity contribution < 1.29 is 37.6 Å². The van der Waals surface area contributed by atoms with Crippen LogP contribution in [0.5, 0.6) is 0 Å². The Morgan fingerprint density at radius 2 is 2.00 bits per heavy atom. The van der Waals surface area contributed by atoms with Gasteiger partial charge in [0.2, 0.25) is 6.43 Å². The summed E-state index contributed by atoms with van der Waals surface area (Å²) in [6.07, 6.45) is -2.92. The van der Waals surface area contributed by atoms with Crippen LogP contribution in [0.3, 0.4) is 0 Å². The topological polar surface area (TPSA) is 84.1 Å². The summed E-state index contributed by atoms with van der Waals surface area (Å²) in [5.41, 5.74) is -1.56. The van der Waals surface area contributed by atoms with Crippen LogP contribution in [0.15, 0.2) is 11.1 Å². The van der Waals surface area contributed by atoms with Crippen LogP contribution in [0.25, 0.3) is 0 Å². The maximum Gasteiger partial charge on any atom is 0.334 e. The summed E-state index contributed by atoms with van der Waals surface area (Å²) in [5.74, 6) is -1.25. The van der Waals surface area contributed by atoms with E-state index < -0.39 is 41.4 Å². The van der Waals surface area contributed by atoms with E-state index in [-0.39, 0.29) is 29.5 Å². The van der Waals surface area contributed by atoms with Gasteiger partial charge in [-0.05, 0) is 30.8 Å². The first-order valence-corrected chi connectivity index (χ1v) is 10.1. The van der Waals surface area contributed by atoms with Gasteiger partial charge in [-0.1, -0.05) is 13.8 Å². The van der Waals surface area contributed by atoms with Crippen molar-refractivity contribution in [3.05, 3.63) is 11.1 Å². The second kappa shape index (κ2) is 4.33. The molecule has 28 heavy (non-hydrogen) atoms. The molecule has 7 aliphatic rings. The molecule has 0 radical (unpaired) electrons. The Bertz CT molecular complexity index is 875. The van der Waals surface area contributed by atoms with E-state index in [1.54, 1.807) is 0 Å². The summed E-state index contributed by atoms with van der Waals surface area (Å²) in [5, 5.41) is 11.4. The number of aliphatic hydroxyl groups excluding tert-OH is 1. The number of cyclic esters (lactones) is 1. The number of epoxide rings is 3. The molecule has 4 heterocycles. The summed E-state index contributed by atoms with van der Waals surface area (Å²) in [6, 6.07) is 0. The molecule has 5 fully saturated rings. The third kappa shape index (κ3) is 1.34. The number of carbonyl (C=O) groups is 1. The normalized spacial score (nSPS) is 60.6. The van der Waals surface area contributed by atoms with Crippen LogP contribution >= 0.6 is 0 Å². The molecule has 0 aromatic heterocycles. The van der Waals surface area contributed by atoms with E-state index in [9.17, 15) is 18.7 Å². The average molecular weight is 396 g/mol. The van der Waals surface area contributed by atoms with E-state index >= 15 is 0 Å². The van der Waals surface area contributed by atoms with Gasteiger partial charge in [0.25, 0.3) is 0 Å². The van der Waals surface area contributed by atoms with Crippen LogP contribution < -0.4 is 0 Å². The van der Waals surface area contributed by atoms with Gasteiger partial charge >= 0.3 is 5.97 Å². The summed E-state index contributed by atoms with van der Waals surface area (Å²) < 4.78 is 50.8. The Labute approximate surface area is 160 Å². The molecule has 1 N–H and O–H groups in total. The molecule has 0 aromatic rings. The summed E-state index contributed by atoms with van der Waals surface area (Å²) >= 11 is 0. The lowest BCUT2D eigenvalue weighted by molar-refractivity contribution is -0.136. The molecule has 10 atom stereocenters. The number of carbonyl (C=O) groups excluding carboxylic acids is 1. The molecule has 4 aliphatic heterocycles. The Balaban J connectivity index is 1.35. The minimum absolute atomic E-state index is 0.0688. The molecule has 1 unspecified atom stereocenters. The third-order valence-electron chi connectivity index (χ3n) is 9.29. The Morgan fingerprint density at radius 3 is 2.75 bits per heavy atom. The zero-order chi connectivity index (χ0) is 19.4. The molecule has 6 nitrogen and oxygen atoms in total. The van der Waals surface area contributed by atoms with E-state index in [1.807, 2.05) is 0 Å². The fourth-order valence-electron chi connectivity index (χ4n) is 7.73. The van der Waals surface area contributed by atoms with E-state index in [4.69, 9.17) is 18.9 Å². The minimum atomic E-state index is -2.59. The van der Waals surface area contributed by atoms with Crippen molar-refractivity contribution in [3.8, 4) is 0 Å². The lowest BCUT2D eigenvalue weighted by atomic mass is 9.46. The lowest BCUT2D eigenvalue weighted by Crippen LogP contribution is -2.69. The minimum Gasteiger partial charge on any atom is -0.458 e. The van der Waals surface area contributed by atoms with E-state index in [1.165, 1.54) is 6.92 Å². The number of halogens is 2. The van der Waals surface area contributed by atoms with Gasteiger partial charge in [-0.2, -0.15) is 0 Å². The van der Waals surface area contributed by atoms with E-state index in [0.29, 0.717) is 19.4 Å². The van der Waals surface area contributed by atoms with Crippen LogP contribution in [0.2, 0.25) is 0 Å². The quantitative estimate of drug-likeness (QED) is 0.560. The predicted octanol–water partition coefficient (Wildman–Crippen LogP) is 1.35. The van der Waals surface area contributed by atoms with Crippen molar-refractivity contribution in [2.24, 2.45) is 17.3 Å². The van der Waals surface area contributed by atoms with Crippen molar-refractivity contribution in [2.75, 3.05) is 6.61 Å². The van der Waals surface area contributed by atoms with Gasteiger partial charge in [-0.3, -0.25) is 0 Å². The monoisotopic (exact) mass is 396 g/mol. The van der Waals surface area contributed by atoms with Crippen LogP contribution in [-0.2, 0) is 23.7 Å². The summed E-state index contributed by atoms with van der Waals surface area (Å²) in [4.78, 5) is 12.1. The lowest BCUT2D eigenvalue weighted by Gasteiger charge is -2.53. The van der Waals surface area contributed by atoms with E-state index in [2.05, 4.69) is 6.92 Å². The van der Waals surface area contributed by atoms with Crippen LogP contribution in [0.1, 0.15) is 33.1 Å². The molecular weight excluding hydrogens is 374 g/mol. The number of esters is 1. The molecule has 2 saturated carbocycles. The second-order valence-corrected chi connectivity index (χ2v) is 9.88. The van der Waals surface area contributed by atoms with E-state index in [0.717, 1.165) is 17.6 Å². The van der Waals surface area contributed by atoms with Gasteiger partial charge in [-0.15, -0.1) is 0 Å². The highest BCUT2D eigenvalue weighted by molar-refractivity contribution is 5.92. The van der Waals surface area contributed by atoms with Crippen molar-refractivity contribution >= 4 is 5.97 Å². The number of aliphatic hydroxyl groups is 1. The number of ether oxygens (including phenoxy) is 4. The van der Waals surface area contributed by atoms with Gasteiger partial charge in [0, 0.05) is 11.0 Å². The standard InChI is InChI=1S/C20H22F2O6/c1-7(14(21)22)18-12(27-18)13-20(28-13)17(2)4-3-8-9(6-25-15(8)23)10(17)5-11-19(20,26-11)16(18)24/h7,10-14,16,24H,3-6H2,1-2H3/t7?,10-,11-,12-,13-,16+,17-,18-,19+,20+/m0/s1. The Hall–Kier alpha value is -1.09. The Kier molecular flexibility index (Phi) is 2.58. The largest absolute Gasteiger partial charge is 0.458 e. The highest BCUT2D eigenvalue weighted by Gasteiger charge is 3.00. The number of hydrogen-bond acceptors (Lipinski definition) is 6. The molecule has 7 rings (SSSR count). The SMILES string of the molecule is CC(C(F)F)[C@]12O[C@H]1[C@@H]1O[C@]13[C@]1(O[C@H]1C[C@H]1C4=C(CC[C@@]13C)C(=O)OC4)[C@@H]2O. The number of rotatable bonds is 2. The van der Waals surface area contributed by atoms with Crippen molar-refractivity contribution in [1.29, 1.82) is 0 Å². The first-order valence-electron chi connectivity index (χ1n) is 10.1. The molecule has 152 valence electrons. The molecule has 2 spiro atoms. The van der Waals surface area contributed by atoms with Gasteiger partial charge in [0.05, 0.1) is 12.0 Å². The van der Waals surface area contributed by atoms with Crippen molar-refractivity contribution in [3.63, 3.8) is 0 Å². The van der Waals surface area contributed by atoms with Crippen LogP contribution in [0.4, 0.5) is 8.78 Å². The molecule has 0 aromatic carbocycles. The zero-order valence-corrected chi connectivity index (χ0v) is 15.6. The molecule has 0 amide bonds. The smallest absolute Gasteiger partial charge is 0.334 e.